The summed E-state index contributed by atoms with van der Waals surface area (Å²) in [4.78, 5) is 26.0. The fourth-order valence-electron chi connectivity index (χ4n) is 7.64. The van der Waals surface area contributed by atoms with E-state index in [1.807, 2.05) is 26.0 Å². The van der Waals surface area contributed by atoms with Crippen LogP contribution >= 0.6 is 0 Å². The van der Waals surface area contributed by atoms with Gasteiger partial charge in [-0.2, -0.15) is 0 Å². The minimum absolute atomic E-state index is 0.0508. The Hall–Kier alpha value is -2.06. The molecule has 37 heavy (non-hydrogen) atoms. The van der Waals surface area contributed by atoms with E-state index in [0.29, 0.717) is 11.1 Å². The Balaban J connectivity index is 1.66. The van der Waals surface area contributed by atoms with Crippen LogP contribution in [0.2, 0.25) is 0 Å². The monoisotopic (exact) mass is 514 g/mol. The molecule has 0 aliphatic heterocycles. The molecule has 4 aliphatic carbocycles. The van der Waals surface area contributed by atoms with E-state index in [-0.39, 0.29) is 19.4 Å². The standard InChI is InChI=1S/C30H42O7/c1-6-7-8-9-10-11-12-13-23(32)37-30-24(27(30,4)5)21-15-20(17-31)16-28(35)22(14-18(2)25(28)33)29(21,36)19(3)26(30)34/h9-12,14-15,19,21-22,24,26,31,34-36H,6-8,13,16-17H2,1-5H3/b10-9+,12-11+/t19-,21+,22-,24-,26-,28-,29-,30-/m1/s1. The maximum Gasteiger partial charge on any atom is 0.310 e. The number of rotatable bonds is 8. The Morgan fingerprint density at radius 1 is 1.19 bits per heavy atom. The molecule has 0 aromatic carbocycles. The third-order valence-electron chi connectivity index (χ3n) is 9.67. The molecule has 4 rings (SSSR count). The lowest BCUT2D eigenvalue weighted by Gasteiger charge is -2.52. The summed E-state index contributed by atoms with van der Waals surface area (Å²) < 4.78 is 6.07. The van der Waals surface area contributed by atoms with Gasteiger partial charge in [0, 0.05) is 35.5 Å². The second kappa shape index (κ2) is 9.60. The number of carbonyl (C=O) groups excluding carboxylic acids is 2. The number of hydrogen-bond donors (Lipinski definition) is 4. The highest BCUT2D eigenvalue weighted by molar-refractivity contribution is 6.04. The summed E-state index contributed by atoms with van der Waals surface area (Å²) in [6.07, 6.45) is 12.8. The van der Waals surface area contributed by atoms with Crippen molar-refractivity contribution in [2.24, 2.45) is 29.1 Å². The normalized spacial score (nSPS) is 42.1. The number of ether oxygens (including phenoxy) is 1. The number of Topliss-reactive ketones (excluding diaryl/α,β-unsaturated/α-hetero) is 1. The van der Waals surface area contributed by atoms with Crippen molar-refractivity contribution in [2.45, 2.75) is 89.6 Å². The third-order valence-corrected chi connectivity index (χ3v) is 9.67. The highest BCUT2D eigenvalue weighted by atomic mass is 16.6. The predicted octanol–water partition coefficient (Wildman–Crippen LogP) is 3.17. The molecule has 0 radical (unpaired) electrons. The number of hydrogen-bond acceptors (Lipinski definition) is 7. The van der Waals surface area contributed by atoms with Crippen molar-refractivity contribution >= 4 is 11.8 Å². The van der Waals surface area contributed by atoms with E-state index >= 15 is 0 Å². The first-order valence-corrected chi connectivity index (χ1v) is 13.5. The third kappa shape index (κ3) is 3.92. The number of esters is 1. The lowest BCUT2D eigenvalue weighted by Crippen LogP contribution is -2.65. The van der Waals surface area contributed by atoms with E-state index in [4.69, 9.17) is 4.74 Å². The molecule has 0 heterocycles. The Bertz CT molecular complexity index is 1070. The van der Waals surface area contributed by atoms with E-state index < -0.39 is 63.7 Å². The van der Waals surface area contributed by atoms with Gasteiger partial charge in [-0.15, -0.1) is 0 Å². The second-order valence-electron chi connectivity index (χ2n) is 12.1. The van der Waals surface area contributed by atoms with Crippen LogP contribution < -0.4 is 0 Å². The largest absolute Gasteiger partial charge is 0.455 e. The molecule has 4 N–H and O–H groups in total. The van der Waals surface area contributed by atoms with Crippen LogP contribution in [0.3, 0.4) is 0 Å². The number of allylic oxidation sites excluding steroid dienone is 3. The van der Waals surface area contributed by atoms with Gasteiger partial charge in [-0.25, -0.2) is 0 Å². The van der Waals surface area contributed by atoms with Crippen molar-refractivity contribution in [1.82, 2.24) is 0 Å². The van der Waals surface area contributed by atoms with Crippen molar-refractivity contribution in [1.29, 1.82) is 0 Å². The molecule has 4 aliphatic rings. The van der Waals surface area contributed by atoms with Gasteiger partial charge in [0.25, 0.3) is 0 Å². The van der Waals surface area contributed by atoms with Crippen LogP contribution in [0.1, 0.15) is 66.7 Å². The van der Waals surface area contributed by atoms with Crippen molar-refractivity contribution in [3.05, 3.63) is 47.6 Å². The molecule has 7 nitrogen and oxygen atoms in total. The van der Waals surface area contributed by atoms with Gasteiger partial charge in [0.05, 0.1) is 24.7 Å². The molecule has 0 spiro atoms. The maximum absolute atomic E-state index is 13.0. The Labute approximate surface area is 219 Å². The first-order valence-electron chi connectivity index (χ1n) is 13.5. The Morgan fingerprint density at radius 3 is 2.51 bits per heavy atom. The van der Waals surface area contributed by atoms with Crippen molar-refractivity contribution in [3.63, 3.8) is 0 Å². The topological polar surface area (TPSA) is 124 Å². The van der Waals surface area contributed by atoms with Crippen LogP contribution in [-0.2, 0) is 14.3 Å². The van der Waals surface area contributed by atoms with Gasteiger partial charge in [-0.05, 0) is 24.5 Å². The van der Waals surface area contributed by atoms with Gasteiger partial charge in [-0.3, -0.25) is 9.59 Å². The fraction of sp³-hybridized carbons (Fsp3) is 0.667. The molecule has 0 unspecified atom stereocenters. The van der Waals surface area contributed by atoms with Crippen LogP contribution in [0.25, 0.3) is 0 Å². The van der Waals surface area contributed by atoms with Gasteiger partial charge >= 0.3 is 5.97 Å². The van der Waals surface area contributed by atoms with Crippen molar-refractivity contribution in [2.75, 3.05) is 6.61 Å². The van der Waals surface area contributed by atoms with Crippen molar-refractivity contribution in [3.8, 4) is 0 Å². The van der Waals surface area contributed by atoms with Crippen LogP contribution in [-0.4, -0.2) is 61.7 Å². The lowest BCUT2D eigenvalue weighted by atomic mass is 9.59. The number of aliphatic hydroxyl groups is 4. The van der Waals surface area contributed by atoms with Gasteiger partial charge in [0.15, 0.2) is 5.78 Å². The molecule has 0 saturated heterocycles. The summed E-state index contributed by atoms with van der Waals surface area (Å²) in [5.41, 5.74) is -4.69. The molecule has 2 fully saturated rings. The predicted molar refractivity (Wildman–Crippen MR) is 139 cm³/mol. The number of ketones is 1. The van der Waals surface area contributed by atoms with Crippen LogP contribution in [0.5, 0.6) is 0 Å². The molecule has 8 atom stereocenters. The molecule has 0 bridgehead atoms. The summed E-state index contributed by atoms with van der Waals surface area (Å²) >= 11 is 0. The molecule has 204 valence electrons. The molecule has 2 saturated carbocycles. The minimum atomic E-state index is -1.90. The van der Waals surface area contributed by atoms with Crippen LogP contribution in [0.4, 0.5) is 0 Å². The zero-order chi connectivity index (χ0) is 27.4. The van der Waals surface area contributed by atoms with E-state index in [2.05, 4.69) is 13.0 Å². The first-order chi connectivity index (χ1) is 17.3. The number of carbonyl (C=O) groups is 2. The molecular weight excluding hydrogens is 472 g/mol. The Morgan fingerprint density at radius 2 is 1.86 bits per heavy atom. The number of unbranched alkanes of at least 4 members (excludes halogenated alkanes) is 2. The summed E-state index contributed by atoms with van der Waals surface area (Å²) in [5, 5.41) is 45.6. The molecule has 7 heteroatoms. The minimum Gasteiger partial charge on any atom is -0.455 e. The number of aliphatic hydroxyl groups excluding tert-OH is 2. The fourth-order valence-corrected chi connectivity index (χ4v) is 7.64. The van der Waals surface area contributed by atoms with Gasteiger partial charge in [0.1, 0.15) is 11.2 Å². The van der Waals surface area contributed by atoms with Crippen molar-refractivity contribution < 1.29 is 34.8 Å². The maximum atomic E-state index is 13.0. The summed E-state index contributed by atoms with van der Waals surface area (Å²) in [6, 6.07) is 0. The zero-order valence-corrected chi connectivity index (χ0v) is 22.6. The van der Waals surface area contributed by atoms with Crippen LogP contribution in [0, 0.1) is 29.1 Å². The summed E-state index contributed by atoms with van der Waals surface area (Å²) in [7, 11) is 0. The molecule has 0 aromatic heterocycles. The first kappa shape index (κ1) is 28.0. The SMILES string of the molecule is CCCC/C=C/C=C/CC(=O)O[C@@]12[C@H](O)[C@@H](C)[C@@]3(O)[C@@H](C=C(CO)C[C@]4(O)C(=O)C(C)=C[C@@H]34)[C@@H]1C2(C)C. The Kier molecular flexibility index (Phi) is 7.25. The summed E-state index contributed by atoms with van der Waals surface area (Å²) in [6.45, 7) is 8.87. The van der Waals surface area contributed by atoms with Gasteiger partial charge in [-0.1, -0.05) is 77.0 Å². The second-order valence-corrected chi connectivity index (χ2v) is 12.1. The lowest BCUT2D eigenvalue weighted by molar-refractivity contribution is -0.219. The van der Waals surface area contributed by atoms with E-state index in [0.717, 1.165) is 19.3 Å². The van der Waals surface area contributed by atoms with Gasteiger partial charge in [0.2, 0.25) is 0 Å². The zero-order valence-electron chi connectivity index (χ0n) is 22.6. The average molecular weight is 515 g/mol. The molecule has 0 amide bonds. The number of fused-ring (bicyclic) bond motifs is 5. The average Bonchev–Trinajstić information content (AvgIpc) is 3.28. The highest BCUT2D eigenvalue weighted by Crippen LogP contribution is 2.76. The smallest absolute Gasteiger partial charge is 0.310 e. The van der Waals surface area contributed by atoms with E-state index in [9.17, 15) is 30.0 Å². The van der Waals surface area contributed by atoms with Gasteiger partial charge < -0.3 is 25.2 Å². The van der Waals surface area contributed by atoms with Crippen LogP contribution in [0.15, 0.2) is 47.6 Å². The highest BCUT2D eigenvalue weighted by Gasteiger charge is 2.86. The molecule has 0 aromatic rings. The molecular formula is C30H42O7. The van der Waals surface area contributed by atoms with E-state index in [1.54, 1.807) is 32.1 Å². The summed E-state index contributed by atoms with van der Waals surface area (Å²) in [5.74, 6) is -3.85. The van der Waals surface area contributed by atoms with E-state index in [1.165, 1.54) is 0 Å². The quantitative estimate of drug-likeness (QED) is 0.170.